The zero-order valence-electron chi connectivity index (χ0n) is 16.0. The van der Waals surface area contributed by atoms with E-state index >= 15 is 0 Å². The van der Waals surface area contributed by atoms with Crippen molar-refractivity contribution in [2.75, 3.05) is 6.54 Å². The third-order valence-electron chi connectivity index (χ3n) is 4.39. The first-order valence-electron chi connectivity index (χ1n) is 9.35. The number of nitrogens with zero attached hydrogens (tertiary/aromatic N) is 3. The average molecular weight is 361 g/mol. The molecule has 0 fully saturated rings. The SMILES string of the molecule is CCNC(=NCc1cccc(Cn2ccnc2)c1)NCc1ccccc1C. The summed E-state index contributed by atoms with van der Waals surface area (Å²) in [6.07, 6.45) is 5.62. The molecule has 0 saturated carbocycles. The van der Waals surface area contributed by atoms with E-state index in [9.17, 15) is 0 Å². The molecule has 0 unspecified atom stereocenters. The summed E-state index contributed by atoms with van der Waals surface area (Å²) in [5.41, 5.74) is 5.01. The molecule has 5 heteroatoms. The molecule has 0 aliphatic carbocycles. The van der Waals surface area contributed by atoms with Crippen molar-refractivity contribution < 1.29 is 0 Å². The van der Waals surface area contributed by atoms with Crippen LogP contribution < -0.4 is 10.6 Å². The lowest BCUT2D eigenvalue weighted by atomic mass is 10.1. The number of benzene rings is 2. The standard InChI is InChI=1S/C22H27N5/c1-3-24-22(26-15-21-10-5-4-7-18(21)2)25-14-19-8-6-9-20(13-19)16-27-12-11-23-17-27/h4-13,17H,3,14-16H2,1-2H3,(H2,24,25,26). The summed E-state index contributed by atoms with van der Waals surface area (Å²) in [6, 6.07) is 17.0. The molecule has 0 aliphatic rings. The van der Waals surface area contributed by atoms with E-state index in [-0.39, 0.29) is 0 Å². The number of hydrogen-bond donors (Lipinski definition) is 2. The van der Waals surface area contributed by atoms with Crippen LogP contribution in [0.5, 0.6) is 0 Å². The van der Waals surface area contributed by atoms with Crippen molar-refractivity contribution in [1.82, 2.24) is 20.2 Å². The summed E-state index contributed by atoms with van der Waals surface area (Å²) in [5.74, 6) is 0.834. The Morgan fingerprint density at radius 2 is 1.93 bits per heavy atom. The van der Waals surface area contributed by atoms with E-state index in [0.717, 1.165) is 25.6 Å². The second-order valence-corrected chi connectivity index (χ2v) is 6.53. The Balaban J connectivity index is 1.63. The number of aromatic nitrogens is 2. The van der Waals surface area contributed by atoms with Gasteiger partial charge in [-0.05, 0) is 36.1 Å². The maximum absolute atomic E-state index is 4.74. The van der Waals surface area contributed by atoms with Gasteiger partial charge in [0.25, 0.3) is 0 Å². The number of nitrogens with one attached hydrogen (secondary N) is 2. The van der Waals surface area contributed by atoms with Crippen molar-refractivity contribution in [2.45, 2.75) is 33.5 Å². The highest BCUT2D eigenvalue weighted by molar-refractivity contribution is 5.79. The van der Waals surface area contributed by atoms with Gasteiger partial charge < -0.3 is 15.2 Å². The van der Waals surface area contributed by atoms with Gasteiger partial charge in [-0.15, -0.1) is 0 Å². The van der Waals surface area contributed by atoms with Crippen molar-refractivity contribution >= 4 is 5.96 Å². The van der Waals surface area contributed by atoms with Crippen LogP contribution in [-0.2, 0) is 19.6 Å². The zero-order chi connectivity index (χ0) is 18.9. The molecule has 0 bridgehead atoms. The second kappa shape index (κ2) is 9.57. The largest absolute Gasteiger partial charge is 0.357 e. The smallest absolute Gasteiger partial charge is 0.191 e. The van der Waals surface area contributed by atoms with Gasteiger partial charge in [0.05, 0.1) is 12.9 Å². The van der Waals surface area contributed by atoms with E-state index < -0.39 is 0 Å². The monoisotopic (exact) mass is 361 g/mol. The molecule has 1 aromatic heterocycles. The van der Waals surface area contributed by atoms with Crippen molar-refractivity contribution in [1.29, 1.82) is 0 Å². The van der Waals surface area contributed by atoms with Gasteiger partial charge in [0.1, 0.15) is 0 Å². The number of guanidine groups is 1. The molecule has 2 aromatic carbocycles. The lowest BCUT2D eigenvalue weighted by Crippen LogP contribution is -2.36. The van der Waals surface area contributed by atoms with Crippen LogP contribution in [0.3, 0.4) is 0 Å². The molecular formula is C22H27N5. The Morgan fingerprint density at radius 1 is 1.07 bits per heavy atom. The van der Waals surface area contributed by atoms with Crippen LogP contribution in [0.4, 0.5) is 0 Å². The molecule has 2 N–H and O–H groups in total. The average Bonchev–Trinajstić information content (AvgIpc) is 3.18. The molecule has 0 aliphatic heterocycles. The molecule has 1 heterocycles. The van der Waals surface area contributed by atoms with Gasteiger partial charge in [-0.2, -0.15) is 0 Å². The van der Waals surface area contributed by atoms with Crippen LogP contribution >= 0.6 is 0 Å². The Hall–Kier alpha value is -3.08. The molecule has 5 nitrogen and oxygen atoms in total. The van der Waals surface area contributed by atoms with E-state index in [4.69, 9.17) is 4.99 Å². The highest BCUT2D eigenvalue weighted by atomic mass is 15.2. The van der Waals surface area contributed by atoms with Crippen molar-refractivity contribution in [3.8, 4) is 0 Å². The normalized spacial score (nSPS) is 11.4. The van der Waals surface area contributed by atoms with Crippen LogP contribution in [0.2, 0.25) is 0 Å². The topological polar surface area (TPSA) is 54.2 Å². The molecule has 0 saturated heterocycles. The number of aliphatic imine (C=N–C) groups is 1. The first kappa shape index (κ1) is 18.7. The highest BCUT2D eigenvalue weighted by Gasteiger charge is 2.02. The second-order valence-electron chi connectivity index (χ2n) is 6.53. The van der Waals surface area contributed by atoms with E-state index in [1.165, 1.54) is 22.3 Å². The summed E-state index contributed by atoms with van der Waals surface area (Å²) in [5, 5.41) is 6.75. The molecule has 3 rings (SSSR count). The van der Waals surface area contributed by atoms with Gasteiger partial charge in [-0.3, -0.25) is 0 Å². The van der Waals surface area contributed by atoms with Crippen LogP contribution in [0.15, 0.2) is 72.2 Å². The van der Waals surface area contributed by atoms with E-state index in [0.29, 0.717) is 6.54 Å². The summed E-state index contributed by atoms with van der Waals surface area (Å²) in [7, 11) is 0. The number of aryl methyl sites for hydroxylation is 1. The van der Waals surface area contributed by atoms with Gasteiger partial charge in [-0.1, -0.05) is 48.5 Å². The van der Waals surface area contributed by atoms with Gasteiger partial charge in [0.15, 0.2) is 5.96 Å². The number of hydrogen-bond acceptors (Lipinski definition) is 2. The summed E-state index contributed by atoms with van der Waals surface area (Å²) < 4.78 is 2.07. The minimum Gasteiger partial charge on any atom is -0.357 e. The first-order valence-corrected chi connectivity index (χ1v) is 9.35. The van der Waals surface area contributed by atoms with Crippen molar-refractivity contribution in [3.63, 3.8) is 0 Å². The summed E-state index contributed by atoms with van der Waals surface area (Å²) >= 11 is 0. The molecule has 0 radical (unpaired) electrons. The summed E-state index contributed by atoms with van der Waals surface area (Å²) in [6.45, 7) is 7.27. The Labute approximate surface area is 161 Å². The van der Waals surface area contributed by atoms with E-state index in [2.05, 4.69) is 82.6 Å². The van der Waals surface area contributed by atoms with Crippen LogP contribution in [-0.4, -0.2) is 22.1 Å². The lowest BCUT2D eigenvalue weighted by Gasteiger charge is -2.13. The number of rotatable bonds is 7. The van der Waals surface area contributed by atoms with E-state index in [1.54, 1.807) is 6.20 Å². The quantitative estimate of drug-likeness (QED) is 0.500. The van der Waals surface area contributed by atoms with Crippen molar-refractivity contribution in [3.05, 3.63) is 89.5 Å². The van der Waals surface area contributed by atoms with Crippen LogP contribution in [0.25, 0.3) is 0 Å². The Bertz CT molecular complexity index is 868. The van der Waals surface area contributed by atoms with Crippen molar-refractivity contribution in [2.24, 2.45) is 4.99 Å². The minimum absolute atomic E-state index is 0.640. The molecule has 0 atom stereocenters. The molecule has 0 amide bonds. The molecule has 0 spiro atoms. The fourth-order valence-corrected chi connectivity index (χ4v) is 2.92. The maximum atomic E-state index is 4.74. The third-order valence-corrected chi connectivity index (χ3v) is 4.39. The molecule has 140 valence electrons. The van der Waals surface area contributed by atoms with E-state index in [1.807, 2.05) is 12.5 Å². The molecule has 3 aromatic rings. The van der Waals surface area contributed by atoms with Gasteiger partial charge in [0.2, 0.25) is 0 Å². The lowest BCUT2D eigenvalue weighted by molar-refractivity contribution is 0.793. The fraction of sp³-hybridized carbons (Fsp3) is 0.273. The highest BCUT2D eigenvalue weighted by Crippen LogP contribution is 2.09. The van der Waals surface area contributed by atoms with Crippen LogP contribution in [0.1, 0.15) is 29.2 Å². The minimum atomic E-state index is 0.640. The molecule has 27 heavy (non-hydrogen) atoms. The molecular weight excluding hydrogens is 334 g/mol. The predicted molar refractivity (Wildman–Crippen MR) is 111 cm³/mol. The first-order chi connectivity index (χ1) is 13.2. The Morgan fingerprint density at radius 3 is 2.70 bits per heavy atom. The van der Waals surface area contributed by atoms with Gasteiger partial charge in [0, 0.05) is 32.0 Å². The fourth-order valence-electron chi connectivity index (χ4n) is 2.92. The summed E-state index contributed by atoms with van der Waals surface area (Å²) in [4.78, 5) is 8.84. The maximum Gasteiger partial charge on any atom is 0.191 e. The van der Waals surface area contributed by atoms with Gasteiger partial charge >= 0.3 is 0 Å². The number of imidazole rings is 1. The van der Waals surface area contributed by atoms with Gasteiger partial charge in [-0.25, -0.2) is 9.98 Å². The zero-order valence-corrected chi connectivity index (χ0v) is 16.0. The third kappa shape index (κ3) is 5.71. The van der Waals surface area contributed by atoms with Crippen LogP contribution in [0, 0.1) is 6.92 Å². The Kier molecular flexibility index (Phi) is 6.63. The predicted octanol–water partition coefficient (Wildman–Crippen LogP) is 3.50.